The lowest BCUT2D eigenvalue weighted by molar-refractivity contribution is -0.137. The van der Waals surface area contributed by atoms with E-state index in [0.29, 0.717) is 11.5 Å². The topological polar surface area (TPSA) is 38.3 Å². The van der Waals surface area contributed by atoms with Crippen molar-refractivity contribution >= 4 is 62.7 Å². The van der Waals surface area contributed by atoms with Crippen molar-refractivity contribution in [1.82, 2.24) is 0 Å². The molecule has 6 heteroatoms. The number of nitrogens with one attached hydrogen (secondary N) is 1. The van der Waals surface area contributed by atoms with Crippen LogP contribution in [0.2, 0.25) is 0 Å². The summed E-state index contributed by atoms with van der Waals surface area (Å²) in [6, 6.07) is 18.2. The SMILES string of the molecule is CCOC(=O)C1=C(c2ccccc2)SC(=C2C(=S)C(C)(C)Nc3ccccc32)S1. The minimum Gasteiger partial charge on any atom is -0.462 e. The minimum absolute atomic E-state index is 0.285. The Hall–Kier alpha value is -2.02. The molecule has 2 heterocycles. The van der Waals surface area contributed by atoms with Crippen molar-refractivity contribution < 1.29 is 9.53 Å². The van der Waals surface area contributed by atoms with Crippen LogP contribution in [0.4, 0.5) is 5.69 Å². The fourth-order valence-corrected chi connectivity index (χ4v) is 6.44. The smallest absolute Gasteiger partial charge is 0.346 e. The Morgan fingerprint density at radius 1 is 1.07 bits per heavy atom. The van der Waals surface area contributed by atoms with Crippen molar-refractivity contribution in [1.29, 1.82) is 0 Å². The lowest BCUT2D eigenvalue weighted by atomic mass is 9.86. The van der Waals surface area contributed by atoms with Gasteiger partial charge in [-0.2, -0.15) is 0 Å². The maximum Gasteiger partial charge on any atom is 0.346 e. The van der Waals surface area contributed by atoms with Gasteiger partial charge in [0.05, 0.1) is 16.4 Å². The molecule has 0 unspecified atom stereocenters. The highest BCUT2D eigenvalue weighted by Gasteiger charge is 2.38. The lowest BCUT2D eigenvalue weighted by Gasteiger charge is -2.36. The first-order valence-electron chi connectivity index (χ1n) is 9.41. The van der Waals surface area contributed by atoms with Gasteiger partial charge in [-0.25, -0.2) is 4.79 Å². The van der Waals surface area contributed by atoms with Gasteiger partial charge in [0.1, 0.15) is 4.91 Å². The van der Waals surface area contributed by atoms with Gasteiger partial charge in [-0.15, -0.1) is 0 Å². The Kier molecular flexibility index (Phi) is 5.60. The van der Waals surface area contributed by atoms with E-state index in [4.69, 9.17) is 17.0 Å². The van der Waals surface area contributed by atoms with Gasteiger partial charge in [0, 0.05) is 26.6 Å². The van der Waals surface area contributed by atoms with E-state index in [2.05, 4.69) is 31.3 Å². The molecule has 2 aliphatic rings. The Bertz CT molecular complexity index is 1050. The molecular weight excluding hydrogens is 418 g/mol. The molecule has 0 spiro atoms. The number of carbonyl (C=O) groups excluding carboxylic acids is 1. The van der Waals surface area contributed by atoms with E-state index in [1.807, 2.05) is 49.4 Å². The van der Waals surface area contributed by atoms with Gasteiger partial charge in [0.25, 0.3) is 0 Å². The molecule has 0 atom stereocenters. The van der Waals surface area contributed by atoms with E-state index in [-0.39, 0.29) is 11.5 Å². The zero-order valence-corrected chi connectivity index (χ0v) is 18.9. The maximum absolute atomic E-state index is 12.7. The number of rotatable bonds is 3. The van der Waals surface area contributed by atoms with Crippen molar-refractivity contribution in [2.24, 2.45) is 0 Å². The van der Waals surface area contributed by atoms with E-state index < -0.39 is 0 Å². The second-order valence-corrected chi connectivity index (χ2v) is 9.94. The molecule has 4 rings (SSSR count). The summed E-state index contributed by atoms with van der Waals surface area (Å²) in [5.41, 5.74) is 3.82. The summed E-state index contributed by atoms with van der Waals surface area (Å²) in [5.74, 6) is -0.285. The fourth-order valence-electron chi connectivity index (χ4n) is 3.35. The second kappa shape index (κ2) is 8.01. The van der Waals surface area contributed by atoms with Crippen LogP contribution in [0.5, 0.6) is 0 Å². The third kappa shape index (κ3) is 3.77. The highest BCUT2D eigenvalue weighted by molar-refractivity contribution is 8.32. The largest absolute Gasteiger partial charge is 0.462 e. The van der Waals surface area contributed by atoms with Crippen molar-refractivity contribution in [3.05, 3.63) is 74.9 Å². The summed E-state index contributed by atoms with van der Waals surface area (Å²) in [6.45, 7) is 6.36. The van der Waals surface area contributed by atoms with Crippen LogP contribution in [0.3, 0.4) is 0 Å². The molecule has 2 aromatic carbocycles. The summed E-state index contributed by atoms with van der Waals surface area (Å²) in [5, 5.41) is 3.54. The molecule has 148 valence electrons. The number of para-hydroxylation sites is 1. The predicted molar refractivity (Wildman–Crippen MR) is 129 cm³/mol. The molecule has 2 aromatic rings. The van der Waals surface area contributed by atoms with Gasteiger partial charge in [0.2, 0.25) is 0 Å². The number of esters is 1. The molecule has 1 N–H and O–H groups in total. The maximum atomic E-state index is 12.7. The Morgan fingerprint density at radius 3 is 2.48 bits per heavy atom. The third-order valence-electron chi connectivity index (χ3n) is 4.73. The Morgan fingerprint density at radius 2 is 1.76 bits per heavy atom. The number of ether oxygens (including phenoxy) is 1. The number of hydrogen-bond acceptors (Lipinski definition) is 6. The monoisotopic (exact) mass is 439 g/mol. The fraction of sp³-hybridized carbons (Fsp3) is 0.217. The molecule has 2 aliphatic heterocycles. The zero-order chi connectivity index (χ0) is 20.6. The summed E-state index contributed by atoms with van der Waals surface area (Å²) < 4.78 is 6.38. The number of thiocarbonyl (C=S) groups is 1. The van der Waals surface area contributed by atoms with Gasteiger partial charge in [-0.1, -0.05) is 84.3 Å². The van der Waals surface area contributed by atoms with Crippen LogP contribution in [0, 0.1) is 0 Å². The third-order valence-corrected chi connectivity index (χ3v) is 8.08. The number of fused-ring (bicyclic) bond motifs is 1. The van der Waals surface area contributed by atoms with Gasteiger partial charge < -0.3 is 10.1 Å². The quantitative estimate of drug-likeness (QED) is 0.342. The van der Waals surface area contributed by atoms with Crippen molar-refractivity contribution in [3.8, 4) is 0 Å². The number of anilines is 1. The summed E-state index contributed by atoms with van der Waals surface area (Å²) in [6.07, 6.45) is 0. The molecule has 29 heavy (non-hydrogen) atoms. The number of benzene rings is 2. The standard InChI is InChI=1S/C23H21NO2S3/c1-4-26-21(25)19-18(14-10-6-5-7-11-14)28-22(29-19)17-15-12-8-9-13-16(15)24-23(2,3)20(17)27/h5-13,24H,4H2,1-3H3. The second-order valence-electron chi connectivity index (χ2n) is 7.24. The van der Waals surface area contributed by atoms with Crippen LogP contribution < -0.4 is 5.32 Å². The van der Waals surface area contributed by atoms with Gasteiger partial charge in [-0.3, -0.25) is 0 Å². The molecule has 0 amide bonds. The summed E-state index contributed by atoms with van der Waals surface area (Å²) in [4.78, 5) is 15.1. The summed E-state index contributed by atoms with van der Waals surface area (Å²) >= 11 is 8.98. The van der Waals surface area contributed by atoms with Crippen LogP contribution in [-0.4, -0.2) is 23.0 Å². The lowest BCUT2D eigenvalue weighted by Crippen LogP contribution is -2.43. The van der Waals surface area contributed by atoms with E-state index in [1.165, 1.54) is 11.8 Å². The van der Waals surface area contributed by atoms with Crippen molar-refractivity contribution in [2.45, 2.75) is 26.3 Å². The molecule has 3 nitrogen and oxygen atoms in total. The van der Waals surface area contributed by atoms with Gasteiger partial charge in [-0.05, 0) is 32.4 Å². The highest BCUT2D eigenvalue weighted by atomic mass is 32.2. The molecule has 0 fully saturated rings. The van der Waals surface area contributed by atoms with Crippen molar-refractivity contribution in [3.63, 3.8) is 0 Å². The van der Waals surface area contributed by atoms with Crippen LogP contribution in [0.25, 0.3) is 10.5 Å². The van der Waals surface area contributed by atoms with Gasteiger partial charge >= 0.3 is 5.97 Å². The van der Waals surface area contributed by atoms with Crippen LogP contribution >= 0.6 is 35.7 Å². The first-order chi connectivity index (χ1) is 13.9. The molecule has 0 aliphatic carbocycles. The molecule has 0 saturated carbocycles. The molecule has 0 saturated heterocycles. The highest BCUT2D eigenvalue weighted by Crippen LogP contribution is 2.57. The average Bonchev–Trinajstić information content (AvgIpc) is 3.15. The first-order valence-corrected chi connectivity index (χ1v) is 11.5. The Balaban J connectivity index is 1.86. The number of carbonyl (C=O) groups is 1. The molecule has 0 radical (unpaired) electrons. The molecule has 0 aromatic heterocycles. The summed E-state index contributed by atoms with van der Waals surface area (Å²) in [7, 11) is 0. The van der Waals surface area contributed by atoms with E-state index in [1.54, 1.807) is 11.8 Å². The van der Waals surface area contributed by atoms with E-state index >= 15 is 0 Å². The van der Waals surface area contributed by atoms with Crippen LogP contribution in [0.1, 0.15) is 31.9 Å². The van der Waals surface area contributed by atoms with Crippen LogP contribution in [0.15, 0.2) is 63.7 Å². The Labute approximate surface area is 185 Å². The minimum atomic E-state index is -0.354. The number of thioether (sulfide) groups is 2. The van der Waals surface area contributed by atoms with Gasteiger partial charge in [0.15, 0.2) is 0 Å². The first kappa shape index (κ1) is 20.3. The normalized spacial score (nSPS) is 20.3. The zero-order valence-electron chi connectivity index (χ0n) is 16.4. The van der Waals surface area contributed by atoms with Crippen molar-refractivity contribution in [2.75, 3.05) is 11.9 Å². The predicted octanol–water partition coefficient (Wildman–Crippen LogP) is 6.34. The molecule has 0 bridgehead atoms. The van der Waals surface area contributed by atoms with Crippen LogP contribution in [-0.2, 0) is 9.53 Å². The average molecular weight is 440 g/mol. The molecular formula is C23H21NO2S3. The van der Waals surface area contributed by atoms with E-state index in [9.17, 15) is 4.79 Å². The van der Waals surface area contributed by atoms with E-state index in [0.717, 1.165) is 36.4 Å². The number of hydrogen-bond donors (Lipinski definition) is 1.